The highest BCUT2D eigenvalue weighted by Gasteiger charge is 2.44. The molecule has 1 atom stereocenters. The van der Waals surface area contributed by atoms with E-state index in [4.69, 9.17) is 33.6 Å². The van der Waals surface area contributed by atoms with Crippen LogP contribution in [0.25, 0.3) is 5.69 Å². The standard InChI is InChI=1S/C14H8ClF2N3O2.C5H9NO2/c1-2-7-3-4-9-8(5-7)20-12(14(16,17)6-22-9)10(15)11(19-20)13(18)21;1-6-3-2-4(7)5(6)8/h1,3-5H,6H2,(H2,18,21);4,7H,2-3H2,1H3. The number of nitrogens with two attached hydrogens (primary N) is 1. The van der Waals surface area contributed by atoms with E-state index < -0.39 is 41.0 Å². The van der Waals surface area contributed by atoms with Crippen molar-refractivity contribution in [2.75, 3.05) is 20.2 Å². The van der Waals surface area contributed by atoms with Gasteiger partial charge < -0.3 is 20.5 Å². The minimum atomic E-state index is -3.45. The first-order chi connectivity index (χ1) is 14.1. The fourth-order valence-electron chi connectivity index (χ4n) is 2.98. The maximum atomic E-state index is 14.3. The molecule has 158 valence electrons. The van der Waals surface area contributed by atoms with Crippen molar-refractivity contribution in [3.8, 4) is 23.8 Å². The lowest BCUT2D eigenvalue weighted by molar-refractivity contribution is -0.133. The number of ether oxygens (including phenoxy) is 1. The van der Waals surface area contributed by atoms with Crippen LogP contribution in [-0.4, -0.2) is 57.9 Å². The molecule has 2 aliphatic rings. The molecular formula is C19H17ClF2N4O4. The second-order valence-electron chi connectivity index (χ2n) is 6.67. The van der Waals surface area contributed by atoms with Gasteiger partial charge in [-0.2, -0.15) is 13.9 Å². The number of rotatable bonds is 1. The van der Waals surface area contributed by atoms with Gasteiger partial charge in [-0.05, 0) is 24.6 Å². The quantitative estimate of drug-likeness (QED) is 0.652. The first kappa shape index (κ1) is 21.5. The van der Waals surface area contributed by atoms with Crippen molar-refractivity contribution in [1.82, 2.24) is 14.7 Å². The Bertz CT molecular complexity index is 1050. The van der Waals surface area contributed by atoms with Crippen LogP contribution < -0.4 is 10.5 Å². The summed E-state index contributed by atoms with van der Waals surface area (Å²) in [5.74, 6) is -2.07. The van der Waals surface area contributed by atoms with Gasteiger partial charge in [-0.3, -0.25) is 9.59 Å². The van der Waals surface area contributed by atoms with Crippen LogP contribution in [0.15, 0.2) is 18.2 Å². The number of fused-ring (bicyclic) bond motifs is 3. The van der Waals surface area contributed by atoms with E-state index in [1.165, 1.54) is 17.0 Å². The number of likely N-dealkylation sites (N-methyl/N-ethyl adjacent to an activating group) is 1. The molecule has 0 saturated carbocycles. The summed E-state index contributed by atoms with van der Waals surface area (Å²) in [5.41, 5.74) is 4.63. The number of hydrogen-bond acceptors (Lipinski definition) is 5. The summed E-state index contributed by atoms with van der Waals surface area (Å²) < 4.78 is 34.5. The van der Waals surface area contributed by atoms with Crippen molar-refractivity contribution in [2.24, 2.45) is 5.73 Å². The van der Waals surface area contributed by atoms with E-state index in [-0.39, 0.29) is 17.3 Å². The molecule has 8 nitrogen and oxygen atoms in total. The second kappa shape index (κ2) is 7.93. The smallest absolute Gasteiger partial charge is 0.324 e. The van der Waals surface area contributed by atoms with E-state index >= 15 is 0 Å². The highest BCUT2D eigenvalue weighted by Crippen LogP contribution is 2.41. The Labute approximate surface area is 175 Å². The monoisotopic (exact) mass is 438 g/mol. The van der Waals surface area contributed by atoms with E-state index in [0.717, 1.165) is 4.68 Å². The Morgan fingerprint density at radius 1 is 1.50 bits per heavy atom. The average molecular weight is 439 g/mol. The molecule has 1 aromatic heterocycles. The third-order valence-electron chi connectivity index (χ3n) is 4.57. The van der Waals surface area contributed by atoms with E-state index in [0.29, 0.717) is 18.5 Å². The SMILES string of the molecule is C#Cc1ccc2c(c1)-n1nc(C(N)=O)c(Cl)c1C(F)(F)CO2.CN1CCC(O)C1=O. The fraction of sp³-hybridized carbons (Fsp3) is 0.316. The Morgan fingerprint density at radius 3 is 2.70 bits per heavy atom. The molecule has 2 aromatic rings. The molecule has 2 amide bonds. The lowest BCUT2D eigenvalue weighted by Crippen LogP contribution is -2.24. The third kappa shape index (κ3) is 3.81. The van der Waals surface area contributed by atoms with Crippen molar-refractivity contribution in [1.29, 1.82) is 0 Å². The number of aromatic nitrogens is 2. The van der Waals surface area contributed by atoms with Gasteiger partial charge in [-0.15, -0.1) is 6.42 Å². The predicted octanol–water partition coefficient (Wildman–Crippen LogP) is 1.30. The summed E-state index contributed by atoms with van der Waals surface area (Å²) in [6.07, 6.45) is 5.18. The highest BCUT2D eigenvalue weighted by atomic mass is 35.5. The van der Waals surface area contributed by atoms with Gasteiger partial charge in [0.25, 0.3) is 11.8 Å². The zero-order chi connectivity index (χ0) is 22.2. The first-order valence-corrected chi connectivity index (χ1v) is 9.08. The molecule has 30 heavy (non-hydrogen) atoms. The van der Waals surface area contributed by atoms with E-state index in [2.05, 4.69) is 11.0 Å². The maximum absolute atomic E-state index is 14.3. The number of aliphatic hydroxyl groups is 1. The minimum Gasteiger partial charge on any atom is -0.485 e. The van der Waals surface area contributed by atoms with Crippen molar-refractivity contribution in [3.05, 3.63) is 40.2 Å². The molecule has 0 spiro atoms. The zero-order valence-electron chi connectivity index (χ0n) is 15.7. The Morgan fingerprint density at radius 2 is 2.20 bits per heavy atom. The summed E-state index contributed by atoms with van der Waals surface area (Å²) in [5, 5.41) is 12.1. The summed E-state index contributed by atoms with van der Waals surface area (Å²) in [4.78, 5) is 23.4. The van der Waals surface area contributed by atoms with Gasteiger partial charge in [0.2, 0.25) is 0 Å². The first-order valence-electron chi connectivity index (χ1n) is 8.70. The van der Waals surface area contributed by atoms with Gasteiger partial charge >= 0.3 is 5.92 Å². The molecular weight excluding hydrogens is 422 g/mol. The van der Waals surface area contributed by atoms with Gasteiger partial charge in [0.15, 0.2) is 12.3 Å². The molecule has 0 radical (unpaired) electrons. The topological polar surface area (TPSA) is 111 Å². The van der Waals surface area contributed by atoms with Gasteiger partial charge in [-0.1, -0.05) is 17.5 Å². The zero-order valence-corrected chi connectivity index (χ0v) is 16.5. The number of aliphatic hydroxyl groups excluding tert-OH is 1. The van der Waals surface area contributed by atoms with Crippen LogP contribution in [-0.2, 0) is 10.7 Å². The van der Waals surface area contributed by atoms with Crippen molar-refractivity contribution in [3.63, 3.8) is 0 Å². The van der Waals surface area contributed by atoms with Gasteiger partial charge in [0.05, 0.1) is 0 Å². The van der Waals surface area contributed by atoms with Crippen LogP contribution in [0, 0.1) is 12.3 Å². The van der Waals surface area contributed by atoms with Gasteiger partial charge in [0, 0.05) is 19.2 Å². The molecule has 1 saturated heterocycles. The summed E-state index contributed by atoms with van der Waals surface area (Å²) >= 11 is 5.87. The minimum absolute atomic E-state index is 0.146. The summed E-state index contributed by atoms with van der Waals surface area (Å²) in [7, 11) is 1.69. The summed E-state index contributed by atoms with van der Waals surface area (Å²) in [6, 6.07) is 4.44. The van der Waals surface area contributed by atoms with E-state index in [1.807, 2.05) is 0 Å². The highest BCUT2D eigenvalue weighted by molar-refractivity contribution is 6.34. The number of alkyl halides is 2. The number of terminal acetylenes is 1. The molecule has 1 unspecified atom stereocenters. The average Bonchev–Trinajstić information content (AvgIpc) is 3.17. The number of benzene rings is 1. The number of halogens is 3. The van der Waals surface area contributed by atoms with E-state index in [9.17, 15) is 18.4 Å². The van der Waals surface area contributed by atoms with Crippen molar-refractivity contribution in [2.45, 2.75) is 18.4 Å². The molecule has 0 aliphatic carbocycles. The molecule has 3 heterocycles. The van der Waals surface area contributed by atoms with Gasteiger partial charge in [0.1, 0.15) is 28.3 Å². The van der Waals surface area contributed by atoms with Crippen LogP contribution in [0.1, 0.15) is 28.2 Å². The Kier molecular flexibility index (Phi) is 5.70. The van der Waals surface area contributed by atoms with Crippen LogP contribution in [0.3, 0.4) is 0 Å². The van der Waals surface area contributed by atoms with Crippen LogP contribution in [0.5, 0.6) is 5.75 Å². The third-order valence-corrected chi connectivity index (χ3v) is 4.93. The molecule has 2 aliphatic heterocycles. The van der Waals surface area contributed by atoms with Gasteiger partial charge in [-0.25, -0.2) is 4.68 Å². The van der Waals surface area contributed by atoms with E-state index in [1.54, 1.807) is 13.1 Å². The molecule has 3 N–H and O–H groups in total. The second-order valence-corrected chi connectivity index (χ2v) is 7.05. The number of hydrogen-bond donors (Lipinski definition) is 2. The van der Waals surface area contributed by atoms with Crippen molar-refractivity contribution >= 4 is 23.4 Å². The number of primary amides is 1. The van der Waals surface area contributed by atoms with Crippen LogP contribution >= 0.6 is 11.6 Å². The number of carbonyl (C=O) groups excluding carboxylic acids is 2. The number of nitrogens with zero attached hydrogens (tertiary/aromatic N) is 3. The molecule has 1 fully saturated rings. The largest absolute Gasteiger partial charge is 0.485 e. The maximum Gasteiger partial charge on any atom is 0.324 e. The lowest BCUT2D eigenvalue weighted by atomic mass is 10.2. The predicted molar refractivity (Wildman–Crippen MR) is 103 cm³/mol. The molecule has 1 aromatic carbocycles. The number of likely N-dealkylation sites (tertiary alicyclic amines) is 1. The summed E-state index contributed by atoms with van der Waals surface area (Å²) in [6.45, 7) is -0.251. The van der Waals surface area contributed by atoms with Crippen LogP contribution in [0.2, 0.25) is 5.02 Å². The van der Waals surface area contributed by atoms with Crippen molar-refractivity contribution < 1.29 is 28.2 Å². The Hall–Kier alpha value is -3.16. The lowest BCUT2D eigenvalue weighted by Gasteiger charge is -2.13. The molecule has 4 rings (SSSR count). The number of amides is 2. The Balaban J connectivity index is 0.000000269. The molecule has 11 heteroatoms. The fourth-order valence-corrected chi connectivity index (χ4v) is 3.33. The number of carbonyl (C=O) groups is 2. The normalized spacial score (nSPS) is 18.9. The molecule has 0 bridgehead atoms. The van der Waals surface area contributed by atoms with Crippen LogP contribution in [0.4, 0.5) is 8.78 Å².